The van der Waals surface area contributed by atoms with Crippen LogP contribution >= 0.6 is 0 Å². The molecule has 0 radical (unpaired) electrons. The molecule has 0 heterocycles. The Bertz CT molecular complexity index is 646. The van der Waals surface area contributed by atoms with Gasteiger partial charge in [0.2, 0.25) is 0 Å². The number of benzene rings is 2. The van der Waals surface area contributed by atoms with Crippen LogP contribution in [0.1, 0.15) is 43.7 Å². The van der Waals surface area contributed by atoms with Gasteiger partial charge >= 0.3 is 5.97 Å². The Balaban J connectivity index is 2.09. The molecule has 3 heteroatoms. The van der Waals surface area contributed by atoms with Gasteiger partial charge in [-0.15, -0.1) is 0 Å². The molecule has 22 heavy (non-hydrogen) atoms. The Hall–Kier alpha value is -2.03. The van der Waals surface area contributed by atoms with Gasteiger partial charge in [0.1, 0.15) is 5.75 Å². The maximum absolute atomic E-state index is 10.9. The fraction of sp³-hybridized carbons (Fsp3) is 0.421. The number of ether oxygens (including phenoxy) is 1. The van der Waals surface area contributed by atoms with Gasteiger partial charge in [-0.25, -0.2) is 0 Å². The summed E-state index contributed by atoms with van der Waals surface area (Å²) in [6.45, 7) is 4.93. The first-order valence-electron chi connectivity index (χ1n) is 7.98. The predicted molar refractivity (Wildman–Crippen MR) is 89.7 cm³/mol. The highest BCUT2D eigenvalue weighted by molar-refractivity contribution is 5.88. The van der Waals surface area contributed by atoms with Crippen molar-refractivity contribution >= 4 is 16.7 Å². The van der Waals surface area contributed by atoms with Crippen LogP contribution in [-0.4, -0.2) is 17.7 Å². The number of carboxylic acids is 1. The highest BCUT2D eigenvalue weighted by atomic mass is 16.5. The summed E-state index contributed by atoms with van der Waals surface area (Å²) in [6.07, 6.45) is 4.85. The number of rotatable bonds is 8. The van der Waals surface area contributed by atoms with E-state index < -0.39 is 5.97 Å². The summed E-state index contributed by atoms with van der Waals surface area (Å²) < 4.78 is 5.80. The van der Waals surface area contributed by atoms with Crippen LogP contribution < -0.4 is 4.74 Å². The Morgan fingerprint density at radius 2 is 1.95 bits per heavy atom. The third-order valence-corrected chi connectivity index (χ3v) is 3.98. The lowest BCUT2D eigenvalue weighted by atomic mass is 9.98. The molecule has 0 aliphatic rings. The van der Waals surface area contributed by atoms with E-state index >= 15 is 0 Å². The van der Waals surface area contributed by atoms with Crippen molar-refractivity contribution in [2.24, 2.45) is 0 Å². The van der Waals surface area contributed by atoms with Gasteiger partial charge in [0.15, 0.2) is 0 Å². The molecule has 0 bridgehead atoms. The second-order valence-electron chi connectivity index (χ2n) is 5.71. The first-order chi connectivity index (χ1) is 10.6. The van der Waals surface area contributed by atoms with Gasteiger partial charge in [0, 0.05) is 0 Å². The first-order valence-corrected chi connectivity index (χ1v) is 7.98. The molecule has 0 aromatic heterocycles. The average molecular weight is 300 g/mol. The van der Waals surface area contributed by atoms with Crippen molar-refractivity contribution in [2.75, 3.05) is 6.61 Å². The zero-order valence-electron chi connectivity index (χ0n) is 13.4. The van der Waals surface area contributed by atoms with Crippen LogP contribution in [0.4, 0.5) is 0 Å². The third kappa shape index (κ3) is 4.23. The van der Waals surface area contributed by atoms with E-state index in [0.717, 1.165) is 40.7 Å². The second-order valence-corrected chi connectivity index (χ2v) is 5.71. The molecule has 0 atom stereocenters. The quantitative estimate of drug-likeness (QED) is 0.717. The number of aliphatic carboxylic acids is 1. The normalized spacial score (nSPS) is 10.8. The highest BCUT2D eigenvalue weighted by Crippen LogP contribution is 2.26. The number of hydrogen-bond acceptors (Lipinski definition) is 2. The van der Waals surface area contributed by atoms with Gasteiger partial charge in [0.25, 0.3) is 0 Å². The largest absolute Gasteiger partial charge is 0.494 e. The van der Waals surface area contributed by atoms with Gasteiger partial charge in [-0.1, -0.05) is 44.4 Å². The van der Waals surface area contributed by atoms with E-state index in [0.29, 0.717) is 0 Å². The molecule has 118 valence electrons. The molecule has 3 nitrogen and oxygen atoms in total. The van der Waals surface area contributed by atoms with Gasteiger partial charge < -0.3 is 9.84 Å². The second kappa shape index (κ2) is 7.83. The standard InChI is InChI=1S/C19H24O3/c1-3-4-5-6-11-22-17-9-10-18-14(2)15(13-19(20)21)7-8-16(18)12-17/h7-10,12H,3-6,11,13H2,1-2H3,(H,20,21). The van der Waals surface area contributed by atoms with Crippen LogP contribution in [0.15, 0.2) is 30.3 Å². The minimum Gasteiger partial charge on any atom is -0.494 e. The number of fused-ring (bicyclic) bond motifs is 1. The van der Waals surface area contributed by atoms with Gasteiger partial charge in [0.05, 0.1) is 13.0 Å². The monoisotopic (exact) mass is 300 g/mol. The zero-order valence-corrected chi connectivity index (χ0v) is 13.4. The van der Waals surface area contributed by atoms with Crippen molar-refractivity contribution in [3.8, 4) is 5.75 Å². The van der Waals surface area contributed by atoms with Gasteiger partial charge in [-0.3, -0.25) is 4.79 Å². The Morgan fingerprint density at radius 1 is 1.14 bits per heavy atom. The molecule has 2 aromatic rings. The lowest BCUT2D eigenvalue weighted by Gasteiger charge is -2.11. The molecule has 0 unspecified atom stereocenters. The van der Waals surface area contributed by atoms with Crippen LogP contribution in [-0.2, 0) is 11.2 Å². The summed E-state index contributed by atoms with van der Waals surface area (Å²) in [5.41, 5.74) is 1.91. The van der Waals surface area contributed by atoms with Gasteiger partial charge in [-0.2, -0.15) is 0 Å². The maximum atomic E-state index is 10.9. The molecule has 0 saturated carbocycles. The molecule has 0 saturated heterocycles. The molecular weight excluding hydrogens is 276 g/mol. The van der Waals surface area contributed by atoms with E-state index in [1.165, 1.54) is 19.3 Å². The van der Waals surface area contributed by atoms with Crippen LogP contribution in [0.2, 0.25) is 0 Å². The summed E-state index contributed by atoms with van der Waals surface area (Å²) in [5.74, 6) is 0.0869. The number of hydrogen-bond donors (Lipinski definition) is 1. The topological polar surface area (TPSA) is 46.5 Å². The minimum atomic E-state index is -0.797. The highest BCUT2D eigenvalue weighted by Gasteiger charge is 2.08. The number of aryl methyl sites for hydroxylation is 1. The van der Waals surface area contributed by atoms with Crippen LogP contribution in [0.5, 0.6) is 5.75 Å². The SMILES string of the molecule is CCCCCCOc1ccc2c(C)c(CC(=O)O)ccc2c1. The lowest BCUT2D eigenvalue weighted by Crippen LogP contribution is -2.02. The number of unbranched alkanes of at least 4 members (excludes halogenated alkanes) is 3. The molecule has 0 aliphatic heterocycles. The van der Waals surface area contributed by atoms with E-state index in [1.54, 1.807) is 0 Å². The summed E-state index contributed by atoms with van der Waals surface area (Å²) in [4.78, 5) is 10.9. The van der Waals surface area contributed by atoms with Crippen LogP contribution in [0.25, 0.3) is 10.8 Å². The van der Waals surface area contributed by atoms with Crippen molar-refractivity contribution in [1.82, 2.24) is 0 Å². The van der Waals surface area contributed by atoms with E-state index in [9.17, 15) is 4.79 Å². The van der Waals surface area contributed by atoms with E-state index in [1.807, 2.05) is 37.3 Å². The molecule has 2 aromatic carbocycles. The summed E-state index contributed by atoms with van der Waals surface area (Å²) in [7, 11) is 0. The van der Waals surface area contributed by atoms with Crippen molar-refractivity contribution in [1.29, 1.82) is 0 Å². The number of carbonyl (C=O) groups is 1. The smallest absolute Gasteiger partial charge is 0.307 e. The molecular formula is C19H24O3. The van der Waals surface area contributed by atoms with Gasteiger partial charge in [-0.05, 0) is 47.4 Å². The lowest BCUT2D eigenvalue weighted by molar-refractivity contribution is -0.136. The zero-order chi connectivity index (χ0) is 15.9. The first kappa shape index (κ1) is 16.3. The molecule has 0 spiro atoms. The van der Waals surface area contributed by atoms with Crippen molar-refractivity contribution in [3.05, 3.63) is 41.5 Å². The van der Waals surface area contributed by atoms with Crippen molar-refractivity contribution in [2.45, 2.75) is 46.0 Å². The Labute approximate surface area is 131 Å². The van der Waals surface area contributed by atoms with Crippen molar-refractivity contribution in [3.63, 3.8) is 0 Å². The Kier molecular flexibility index (Phi) is 5.82. The maximum Gasteiger partial charge on any atom is 0.307 e. The fourth-order valence-electron chi connectivity index (χ4n) is 2.67. The number of carboxylic acid groups (broad SMARTS) is 1. The van der Waals surface area contributed by atoms with E-state index in [2.05, 4.69) is 6.92 Å². The minimum absolute atomic E-state index is 0.0669. The summed E-state index contributed by atoms with van der Waals surface area (Å²) in [5, 5.41) is 11.1. The Morgan fingerprint density at radius 3 is 2.68 bits per heavy atom. The summed E-state index contributed by atoms with van der Waals surface area (Å²) >= 11 is 0. The molecule has 1 N–H and O–H groups in total. The molecule has 0 amide bonds. The van der Waals surface area contributed by atoms with Crippen LogP contribution in [0, 0.1) is 6.92 Å². The summed E-state index contributed by atoms with van der Waals surface area (Å²) in [6, 6.07) is 9.91. The average Bonchev–Trinajstić information content (AvgIpc) is 2.49. The molecule has 2 rings (SSSR count). The fourth-order valence-corrected chi connectivity index (χ4v) is 2.67. The molecule has 0 fully saturated rings. The van der Waals surface area contributed by atoms with Crippen molar-refractivity contribution < 1.29 is 14.6 Å². The van der Waals surface area contributed by atoms with E-state index in [-0.39, 0.29) is 6.42 Å². The van der Waals surface area contributed by atoms with Crippen LogP contribution in [0.3, 0.4) is 0 Å². The van der Waals surface area contributed by atoms with E-state index in [4.69, 9.17) is 9.84 Å². The molecule has 0 aliphatic carbocycles. The predicted octanol–water partition coefficient (Wildman–Crippen LogP) is 4.73. The third-order valence-electron chi connectivity index (χ3n) is 3.98.